The molecule has 0 saturated heterocycles. The highest BCUT2D eigenvalue weighted by Crippen LogP contribution is 2.07. The predicted octanol–water partition coefficient (Wildman–Crippen LogP) is 1.78. The van der Waals surface area contributed by atoms with Crippen LogP contribution in [-0.2, 0) is 42.6 Å². The van der Waals surface area contributed by atoms with Gasteiger partial charge in [-0.3, -0.25) is 0 Å². The minimum atomic E-state index is 0.521. The maximum atomic E-state index is 5.55. The molecule has 0 bridgehead atoms. The first-order chi connectivity index (χ1) is 19.3. The number of ether oxygens (including phenoxy) is 10. The summed E-state index contributed by atoms with van der Waals surface area (Å²) in [7, 11) is 4.04. The molecule has 1 aromatic carbocycles. The van der Waals surface area contributed by atoms with Crippen molar-refractivity contribution in [1.82, 2.24) is 4.90 Å². The average Bonchev–Trinajstić information content (AvgIpc) is 2.94. The zero-order valence-electron chi connectivity index (χ0n) is 24.1. The van der Waals surface area contributed by atoms with Crippen LogP contribution in [0.2, 0.25) is 0 Å². The monoisotopic (exact) mass is 561 g/mol. The molecular weight excluding hydrogens is 510 g/mol. The highest BCUT2D eigenvalue weighted by Gasteiger charge is 1.96. The van der Waals surface area contributed by atoms with E-state index in [0.29, 0.717) is 119 Å². The maximum absolute atomic E-state index is 5.55. The molecule has 228 valence electrons. The van der Waals surface area contributed by atoms with Crippen LogP contribution in [-0.4, -0.2) is 151 Å². The molecule has 1 rings (SSSR count). The summed E-state index contributed by atoms with van der Waals surface area (Å²) in [5, 5.41) is 0. The van der Waals surface area contributed by atoms with Gasteiger partial charge in [-0.05, 0) is 26.2 Å². The lowest BCUT2D eigenvalue weighted by molar-refractivity contribution is -0.0255. The molecule has 0 aromatic heterocycles. The number of hydrogen-bond donors (Lipinski definition) is 0. The van der Waals surface area contributed by atoms with E-state index in [0.717, 1.165) is 18.9 Å². The molecule has 39 heavy (non-hydrogen) atoms. The van der Waals surface area contributed by atoms with Gasteiger partial charge in [0.05, 0.1) is 119 Å². The number of likely N-dealkylation sites (N-methyl/N-ethyl adjacent to an activating group) is 1. The standard InChI is InChI=1S/C28H51NO10/c1-29(2)8-9-30-10-11-31-12-13-32-14-15-33-16-17-34-18-19-35-20-21-36-22-23-37-24-25-38-26-27-39-28-6-4-3-5-7-28/h3-7H,8-27H2,1-2H3. The van der Waals surface area contributed by atoms with Gasteiger partial charge >= 0.3 is 0 Å². The van der Waals surface area contributed by atoms with Gasteiger partial charge in [0.25, 0.3) is 0 Å². The minimum absolute atomic E-state index is 0.521. The zero-order valence-corrected chi connectivity index (χ0v) is 24.1. The van der Waals surface area contributed by atoms with E-state index in [2.05, 4.69) is 4.90 Å². The van der Waals surface area contributed by atoms with Crippen molar-refractivity contribution in [2.75, 3.05) is 146 Å². The van der Waals surface area contributed by atoms with Gasteiger partial charge in [-0.15, -0.1) is 0 Å². The molecule has 11 nitrogen and oxygen atoms in total. The Bertz CT molecular complexity index is 597. The van der Waals surface area contributed by atoms with E-state index < -0.39 is 0 Å². The SMILES string of the molecule is CN(C)CCOCCOCCOCCOCCOCCOCCOCCOCCOCCOc1ccccc1. The summed E-state index contributed by atoms with van der Waals surface area (Å²) < 4.78 is 54.7. The normalized spacial score (nSPS) is 11.5. The highest BCUT2D eigenvalue weighted by atomic mass is 16.6. The van der Waals surface area contributed by atoms with E-state index in [9.17, 15) is 0 Å². The Morgan fingerprint density at radius 1 is 0.385 bits per heavy atom. The summed E-state index contributed by atoms with van der Waals surface area (Å²) in [6.07, 6.45) is 0. The van der Waals surface area contributed by atoms with Crippen molar-refractivity contribution in [2.45, 2.75) is 0 Å². The Balaban J connectivity index is 1.62. The molecule has 0 fully saturated rings. The fourth-order valence-corrected chi connectivity index (χ4v) is 2.84. The molecule has 0 aliphatic carbocycles. The summed E-state index contributed by atoms with van der Waals surface area (Å²) in [5.41, 5.74) is 0. The summed E-state index contributed by atoms with van der Waals surface area (Å²) in [4.78, 5) is 2.08. The van der Waals surface area contributed by atoms with Gasteiger partial charge in [0, 0.05) is 6.54 Å². The van der Waals surface area contributed by atoms with Gasteiger partial charge in [-0.2, -0.15) is 0 Å². The maximum Gasteiger partial charge on any atom is 0.119 e. The summed E-state index contributed by atoms with van der Waals surface area (Å²) >= 11 is 0. The first-order valence-corrected chi connectivity index (χ1v) is 13.8. The molecule has 1 aromatic rings. The Morgan fingerprint density at radius 2 is 0.667 bits per heavy atom. The lowest BCUT2D eigenvalue weighted by Gasteiger charge is -2.10. The number of rotatable bonds is 31. The van der Waals surface area contributed by atoms with Crippen molar-refractivity contribution in [3.05, 3.63) is 30.3 Å². The summed E-state index contributed by atoms with van der Waals surface area (Å²) in [6, 6.07) is 9.68. The lowest BCUT2D eigenvalue weighted by Crippen LogP contribution is -2.19. The van der Waals surface area contributed by atoms with Crippen LogP contribution in [0.3, 0.4) is 0 Å². The Labute approximate surface area is 234 Å². The fraction of sp³-hybridized carbons (Fsp3) is 0.786. The fourth-order valence-electron chi connectivity index (χ4n) is 2.84. The largest absolute Gasteiger partial charge is 0.491 e. The minimum Gasteiger partial charge on any atom is -0.491 e. The molecule has 0 spiro atoms. The predicted molar refractivity (Wildman–Crippen MR) is 148 cm³/mol. The number of benzene rings is 1. The van der Waals surface area contributed by atoms with Crippen LogP contribution in [0, 0.1) is 0 Å². The third kappa shape index (κ3) is 28.0. The molecule has 0 saturated carbocycles. The van der Waals surface area contributed by atoms with Crippen LogP contribution in [0.5, 0.6) is 5.75 Å². The van der Waals surface area contributed by atoms with Crippen molar-refractivity contribution in [3.8, 4) is 5.75 Å². The first-order valence-electron chi connectivity index (χ1n) is 13.8. The van der Waals surface area contributed by atoms with Gasteiger partial charge in [-0.25, -0.2) is 0 Å². The number of para-hydroxylation sites is 1. The molecule has 0 unspecified atom stereocenters. The van der Waals surface area contributed by atoms with E-state index in [1.807, 2.05) is 44.4 Å². The van der Waals surface area contributed by atoms with Crippen LogP contribution < -0.4 is 4.74 Å². The van der Waals surface area contributed by atoms with Crippen molar-refractivity contribution in [3.63, 3.8) is 0 Å². The first kappa shape index (κ1) is 35.6. The third-order valence-corrected chi connectivity index (χ3v) is 4.90. The van der Waals surface area contributed by atoms with Crippen LogP contribution in [0.4, 0.5) is 0 Å². The Hall–Kier alpha value is -1.38. The van der Waals surface area contributed by atoms with Crippen molar-refractivity contribution in [2.24, 2.45) is 0 Å². The molecule has 0 N–H and O–H groups in total. The second-order valence-corrected chi connectivity index (χ2v) is 8.48. The van der Waals surface area contributed by atoms with E-state index in [1.165, 1.54) is 0 Å². The van der Waals surface area contributed by atoms with Crippen molar-refractivity contribution in [1.29, 1.82) is 0 Å². The van der Waals surface area contributed by atoms with Gasteiger partial charge in [0.1, 0.15) is 12.4 Å². The average molecular weight is 562 g/mol. The summed E-state index contributed by atoms with van der Waals surface area (Å²) in [6.45, 7) is 11.3. The molecule has 0 aliphatic rings. The van der Waals surface area contributed by atoms with Crippen LogP contribution in [0.1, 0.15) is 0 Å². The second kappa shape index (κ2) is 29.6. The molecule has 0 radical (unpaired) electrons. The van der Waals surface area contributed by atoms with Crippen molar-refractivity contribution >= 4 is 0 Å². The number of nitrogens with zero attached hydrogens (tertiary/aromatic N) is 1. The topological polar surface area (TPSA) is 95.5 Å². The van der Waals surface area contributed by atoms with Crippen LogP contribution >= 0.6 is 0 Å². The smallest absolute Gasteiger partial charge is 0.119 e. The van der Waals surface area contributed by atoms with Gasteiger partial charge in [0.2, 0.25) is 0 Å². The number of hydrogen-bond acceptors (Lipinski definition) is 11. The van der Waals surface area contributed by atoms with Crippen LogP contribution in [0.15, 0.2) is 30.3 Å². The van der Waals surface area contributed by atoms with Gasteiger partial charge in [-0.1, -0.05) is 18.2 Å². The van der Waals surface area contributed by atoms with E-state index in [-0.39, 0.29) is 0 Å². The molecule has 0 atom stereocenters. The van der Waals surface area contributed by atoms with Crippen molar-refractivity contribution < 1.29 is 47.4 Å². The van der Waals surface area contributed by atoms with E-state index in [4.69, 9.17) is 47.4 Å². The van der Waals surface area contributed by atoms with E-state index in [1.54, 1.807) is 0 Å². The Kier molecular flexibility index (Phi) is 27.1. The third-order valence-electron chi connectivity index (χ3n) is 4.90. The second-order valence-electron chi connectivity index (χ2n) is 8.48. The van der Waals surface area contributed by atoms with Crippen LogP contribution in [0.25, 0.3) is 0 Å². The quantitative estimate of drug-likeness (QED) is 0.124. The Morgan fingerprint density at radius 3 is 0.974 bits per heavy atom. The zero-order chi connectivity index (χ0) is 27.9. The summed E-state index contributed by atoms with van der Waals surface area (Å²) in [5.74, 6) is 0.847. The highest BCUT2D eigenvalue weighted by molar-refractivity contribution is 5.20. The lowest BCUT2D eigenvalue weighted by atomic mass is 10.3. The molecule has 11 heteroatoms. The molecule has 0 aliphatic heterocycles. The van der Waals surface area contributed by atoms with E-state index >= 15 is 0 Å². The van der Waals surface area contributed by atoms with Gasteiger partial charge < -0.3 is 52.3 Å². The molecule has 0 amide bonds. The molecular formula is C28H51NO10. The molecule has 0 heterocycles. The van der Waals surface area contributed by atoms with Gasteiger partial charge in [0.15, 0.2) is 0 Å².